The minimum Gasteiger partial charge on any atom is -0.380 e. The summed E-state index contributed by atoms with van der Waals surface area (Å²) in [5.41, 5.74) is -0.270. The molecule has 0 fully saturated rings. The number of nitrogens with zero attached hydrogens (tertiary/aromatic N) is 3. The Morgan fingerprint density at radius 3 is 2.89 bits per heavy atom. The first-order valence-corrected chi connectivity index (χ1v) is 5.94. The smallest absolute Gasteiger partial charge is 0.380 e. The summed E-state index contributed by atoms with van der Waals surface area (Å²) in [7, 11) is 0. The molecule has 0 aromatic carbocycles. The first-order chi connectivity index (χ1) is 8.47. The molecule has 0 saturated carbocycles. The van der Waals surface area contributed by atoms with E-state index in [-0.39, 0.29) is 11.4 Å². The molecule has 0 amide bonds. The molecule has 1 N–H and O–H groups in total. The van der Waals surface area contributed by atoms with E-state index in [1.165, 1.54) is 12.5 Å². The van der Waals surface area contributed by atoms with E-state index in [9.17, 15) is 10.1 Å². The predicted molar refractivity (Wildman–Crippen MR) is 67.6 cm³/mol. The Kier molecular flexibility index (Phi) is 5.24. The third-order valence-corrected chi connectivity index (χ3v) is 2.64. The van der Waals surface area contributed by atoms with E-state index in [4.69, 9.17) is 4.74 Å². The molecule has 0 bridgehead atoms. The molecule has 0 aliphatic carbocycles. The molecule has 0 radical (unpaired) electrons. The van der Waals surface area contributed by atoms with Gasteiger partial charge >= 0.3 is 5.82 Å². The van der Waals surface area contributed by atoms with Crippen LogP contribution in [0.3, 0.4) is 0 Å². The fraction of sp³-hybridized carbons (Fsp3) is 0.727. The van der Waals surface area contributed by atoms with Crippen LogP contribution in [0, 0.1) is 10.1 Å². The van der Waals surface area contributed by atoms with Crippen molar-refractivity contribution < 1.29 is 9.66 Å². The van der Waals surface area contributed by atoms with Crippen molar-refractivity contribution in [3.63, 3.8) is 0 Å². The summed E-state index contributed by atoms with van der Waals surface area (Å²) in [6.45, 7) is 8.75. The highest BCUT2D eigenvalue weighted by atomic mass is 16.6. The van der Waals surface area contributed by atoms with Gasteiger partial charge in [0.1, 0.15) is 6.20 Å². The van der Waals surface area contributed by atoms with Crippen molar-refractivity contribution in [2.24, 2.45) is 0 Å². The zero-order valence-corrected chi connectivity index (χ0v) is 11.0. The zero-order chi connectivity index (χ0) is 13.6. The van der Waals surface area contributed by atoms with Crippen LogP contribution in [-0.2, 0) is 10.3 Å². The third kappa shape index (κ3) is 4.08. The van der Waals surface area contributed by atoms with Gasteiger partial charge in [0.15, 0.2) is 0 Å². The van der Waals surface area contributed by atoms with Crippen LogP contribution in [0.2, 0.25) is 0 Å². The van der Waals surface area contributed by atoms with Crippen LogP contribution in [0.15, 0.2) is 12.5 Å². The number of hydrogen-bond donors (Lipinski definition) is 1. The van der Waals surface area contributed by atoms with Crippen molar-refractivity contribution >= 4 is 5.82 Å². The summed E-state index contributed by atoms with van der Waals surface area (Å²) in [5.74, 6) is -0.127. The second-order valence-corrected chi connectivity index (χ2v) is 4.58. The van der Waals surface area contributed by atoms with Gasteiger partial charge in [0.25, 0.3) is 0 Å². The summed E-state index contributed by atoms with van der Waals surface area (Å²) in [6.07, 6.45) is 2.94. The van der Waals surface area contributed by atoms with Crippen molar-refractivity contribution in [3.8, 4) is 0 Å². The van der Waals surface area contributed by atoms with Crippen LogP contribution in [0.4, 0.5) is 5.82 Å². The van der Waals surface area contributed by atoms with Gasteiger partial charge in [0, 0.05) is 19.7 Å². The van der Waals surface area contributed by atoms with E-state index in [0.29, 0.717) is 19.8 Å². The normalized spacial score (nSPS) is 11.7. The highest BCUT2D eigenvalue weighted by Gasteiger charge is 2.23. The Bertz CT molecular complexity index is 389. The molecule has 0 atom stereocenters. The lowest BCUT2D eigenvalue weighted by molar-refractivity contribution is -0.389. The molecule has 7 heteroatoms. The summed E-state index contributed by atoms with van der Waals surface area (Å²) >= 11 is 0. The standard InChI is InChI=1S/C11H20N4O3/c1-4-18-6-5-12-8-11(2,3)14-7-10(13-9-14)15(16)17/h7,9,12H,4-6,8H2,1-3H3. The number of aromatic nitrogens is 2. The molecule has 102 valence electrons. The minimum absolute atomic E-state index is 0.127. The van der Waals surface area contributed by atoms with Crippen molar-refractivity contribution in [1.29, 1.82) is 0 Å². The Hall–Kier alpha value is -1.47. The highest BCUT2D eigenvalue weighted by molar-refractivity contribution is 5.14. The van der Waals surface area contributed by atoms with Gasteiger partial charge in [0.2, 0.25) is 6.33 Å². The van der Waals surface area contributed by atoms with E-state index >= 15 is 0 Å². The number of rotatable bonds is 8. The van der Waals surface area contributed by atoms with Gasteiger partial charge in [-0.1, -0.05) is 0 Å². The van der Waals surface area contributed by atoms with Gasteiger partial charge in [-0.2, -0.15) is 0 Å². The molecule has 7 nitrogen and oxygen atoms in total. The van der Waals surface area contributed by atoms with Gasteiger partial charge in [-0.25, -0.2) is 0 Å². The van der Waals surface area contributed by atoms with E-state index in [1.807, 2.05) is 20.8 Å². The van der Waals surface area contributed by atoms with Crippen LogP contribution in [0.1, 0.15) is 20.8 Å². The summed E-state index contributed by atoms with van der Waals surface area (Å²) < 4.78 is 6.97. The maximum absolute atomic E-state index is 10.6. The monoisotopic (exact) mass is 256 g/mol. The minimum atomic E-state index is -0.491. The van der Waals surface area contributed by atoms with Gasteiger partial charge in [-0.05, 0) is 30.7 Å². The van der Waals surface area contributed by atoms with E-state index in [0.717, 1.165) is 6.54 Å². The number of imidazole rings is 1. The fourth-order valence-electron chi connectivity index (χ4n) is 1.51. The molecule has 0 unspecified atom stereocenters. The van der Waals surface area contributed by atoms with Crippen LogP contribution in [0.25, 0.3) is 0 Å². The SMILES string of the molecule is CCOCCNCC(C)(C)n1cnc([N+](=O)[O-])c1. The average molecular weight is 256 g/mol. The van der Waals surface area contributed by atoms with Crippen LogP contribution < -0.4 is 5.32 Å². The maximum atomic E-state index is 10.6. The fourth-order valence-corrected chi connectivity index (χ4v) is 1.51. The van der Waals surface area contributed by atoms with Crippen LogP contribution in [0.5, 0.6) is 0 Å². The Labute approximate surface area is 106 Å². The summed E-state index contributed by atoms with van der Waals surface area (Å²) in [6, 6.07) is 0. The molecule has 1 heterocycles. The third-order valence-electron chi connectivity index (χ3n) is 2.64. The topological polar surface area (TPSA) is 82.2 Å². The van der Waals surface area contributed by atoms with E-state index in [1.54, 1.807) is 4.57 Å². The molecule has 0 aliphatic heterocycles. The molecule has 1 aromatic rings. The Morgan fingerprint density at radius 1 is 1.61 bits per heavy atom. The summed E-state index contributed by atoms with van der Waals surface area (Å²) in [5, 5.41) is 13.8. The Balaban J connectivity index is 2.48. The molecular formula is C11H20N4O3. The molecular weight excluding hydrogens is 236 g/mol. The lowest BCUT2D eigenvalue weighted by Crippen LogP contribution is -2.38. The highest BCUT2D eigenvalue weighted by Crippen LogP contribution is 2.17. The lowest BCUT2D eigenvalue weighted by atomic mass is 10.1. The second kappa shape index (κ2) is 6.46. The molecule has 0 spiro atoms. The number of nitro groups is 1. The van der Waals surface area contributed by atoms with E-state index in [2.05, 4.69) is 10.3 Å². The van der Waals surface area contributed by atoms with Gasteiger partial charge in [0.05, 0.1) is 12.1 Å². The number of nitrogens with one attached hydrogen (secondary N) is 1. The van der Waals surface area contributed by atoms with Gasteiger partial charge in [-0.3, -0.25) is 0 Å². The van der Waals surface area contributed by atoms with Crippen LogP contribution >= 0.6 is 0 Å². The second-order valence-electron chi connectivity index (χ2n) is 4.58. The van der Waals surface area contributed by atoms with Crippen molar-refractivity contribution in [3.05, 3.63) is 22.6 Å². The van der Waals surface area contributed by atoms with Gasteiger partial charge in [-0.15, -0.1) is 0 Å². The quantitative estimate of drug-likeness (QED) is 0.428. The van der Waals surface area contributed by atoms with Crippen LogP contribution in [-0.4, -0.2) is 40.8 Å². The first-order valence-electron chi connectivity index (χ1n) is 5.94. The van der Waals surface area contributed by atoms with Crippen molar-refractivity contribution in [1.82, 2.24) is 14.9 Å². The number of ether oxygens (including phenoxy) is 1. The van der Waals surface area contributed by atoms with Crippen molar-refractivity contribution in [2.75, 3.05) is 26.3 Å². The molecule has 1 rings (SSSR count). The first kappa shape index (κ1) is 14.6. The molecule has 0 aliphatic rings. The van der Waals surface area contributed by atoms with Gasteiger partial charge < -0.3 is 24.7 Å². The summed E-state index contributed by atoms with van der Waals surface area (Å²) in [4.78, 5) is 13.8. The average Bonchev–Trinajstić information content (AvgIpc) is 2.78. The lowest BCUT2D eigenvalue weighted by Gasteiger charge is -2.25. The Morgan fingerprint density at radius 2 is 2.33 bits per heavy atom. The van der Waals surface area contributed by atoms with Crippen molar-refractivity contribution in [2.45, 2.75) is 26.3 Å². The largest absolute Gasteiger partial charge is 0.381 e. The predicted octanol–water partition coefficient (Wildman–Crippen LogP) is 1.15. The molecule has 18 heavy (non-hydrogen) atoms. The maximum Gasteiger partial charge on any atom is 0.381 e. The zero-order valence-electron chi connectivity index (χ0n) is 11.0. The molecule has 1 aromatic heterocycles. The molecule has 0 saturated heterocycles. The number of hydrogen-bond acceptors (Lipinski definition) is 5. The van der Waals surface area contributed by atoms with E-state index < -0.39 is 4.92 Å².